The number of rotatable bonds is 3. The molecular formula is C12H13NO5. The third-order valence-corrected chi connectivity index (χ3v) is 2.79. The molecule has 1 aromatic rings. The van der Waals surface area contributed by atoms with Crippen molar-refractivity contribution in [3.8, 4) is 0 Å². The van der Waals surface area contributed by atoms with Crippen molar-refractivity contribution in [2.24, 2.45) is 0 Å². The van der Waals surface area contributed by atoms with Crippen LogP contribution in [0.15, 0.2) is 29.4 Å². The summed E-state index contributed by atoms with van der Waals surface area (Å²) in [6.07, 6.45) is 2.46. The van der Waals surface area contributed by atoms with Gasteiger partial charge in [-0.25, -0.2) is 9.59 Å². The van der Waals surface area contributed by atoms with E-state index in [9.17, 15) is 9.59 Å². The largest absolute Gasteiger partial charge is 0.480 e. The molecule has 0 aromatic carbocycles. The minimum atomic E-state index is -1.06. The van der Waals surface area contributed by atoms with Crippen LogP contribution >= 0.6 is 0 Å². The molecule has 0 radical (unpaired) electrons. The molecule has 0 bridgehead atoms. The minimum Gasteiger partial charge on any atom is -0.480 e. The third-order valence-electron chi connectivity index (χ3n) is 2.79. The molecule has 0 fully saturated rings. The molecule has 2 heterocycles. The molecule has 1 aliphatic rings. The van der Waals surface area contributed by atoms with Crippen molar-refractivity contribution in [1.29, 1.82) is 0 Å². The van der Waals surface area contributed by atoms with Crippen LogP contribution in [0, 0.1) is 0 Å². The van der Waals surface area contributed by atoms with Gasteiger partial charge in [-0.1, -0.05) is 12.7 Å². The van der Waals surface area contributed by atoms with Gasteiger partial charge in [0.05, 0.1) is 12.8 Å². The molecule has 1 amide bonds. The maximum absolute atomic E-state index is 11.8. The lowest BCUT2D eigenvalue weighted by molar-refractivity contribution is -0.143. The van der Waals surface area contributed by atoms with Crippen LogP contribution in [0.1, 0.15) is 11.3 Å². The Kier molecular flexibility index (Phi) is 3.36. The van der Waals surface area contributed by atoms with Crippen LogP contribution in [0.4, 0.5) is 4.79 Å². The average molecular weight is 251 g/mol. The molecule has 6 heteroatoms. The second-order valence-electron chi connectivity index (χ2n) is 3.92. The lowest BCUT2D eigenvalue weighted by Gasteiger charge is -2.31. The van der Waals surface area contributed by atoms with Gasteiger partial charge < -0.3 is 14.3 Å². The highest BCUT2D eigenvalue weighted by molar-refractivity contribution is 5.81. The van der Waals surface area contributed by atoms with Gasteiger partial charge in [-0.05, 0) is 11.6 Å². The summed E-state index contributed by atoms with van der Waals surface area (Å²) in [6.45, 7) is 3.58. The minimum absolute atomic E-state index is 0.0483. The summed E-state index contributed by atoms with van der Waals surface area (Å²) in [5, 5.41) is 9.15. The van der Waals surface area contributed by atoms with Gasteiger partial charge in [0, 0.05) is 6.42 Å². The molecule has 2 rings (SSSR count). The Morgan fingerprint density at radius 1 is 1.67 bits per heavy atom. The molecule has 18 heavy (non-hydrogen) atoms. The summed E-state index contributed by atoms with van der Waals surface area (Å²) >= 11 is 0. The smallest absolute Gasteiger partial charge is 0.411 e. The van der Waals surface area contributed by atoms with Gasteiger partial charge >= 0.3 is 12.1 Å². The van der Waals surface area contributed by atoms with Gasteiger partial charge in [0.25, 0.3) is 0 Å². The number of carboxylic acids is 1. The fourth-order valence-electron chi connectivity index (χ4n) is 1.90. The molecule has 0 saturated carbocycles. The number of hydrogen-bond acceptors (Lipinski definition) is 4. The quantitative estimate of drug-likeness (QED) is 0.821. The topological polar surface area (TPSA) is 80.0 Å². The summed E-state index contributed by atoms with van der Waals surface area (Å²) in [5.74, 6) is -0.458. The number of carbonyl (C=O) groups excluding carboxylic acids is 1. The first-order valence-electron chi connectivity index (χ1n) is 5.46. The molecule has 1 aliphatic heterocycles. The van der Waals surface area contributed by atoms with Gasteiger partial charge in [0.1, 0.15) is 18.4 Å². The Labute approximate surface area is 103 Å². The van der Waals surface area contributed by atoms with E-state index in [4.69, 9.17) is 14.3 Å². The molecule has 1 aromatic heterocycles. The van der Waals surface area contributed by atoms with Crippen molar-refractivity contribution in [2.45, 2.75) is 19.0 Å². The molecule has 0 aliphatic carbocycles. The second kappa shape index (κ2) is 4.95. The molecule has 1 atom stereocenters. The highest BCUT2D eigenvalue weighted by Gasteiger charge is 2.36. The number of amides is 1. The number of carboxylic acid groups (broad SMARTS) is 1. The Morgan fingerprint density at radius 3 is 3.11 bits per heavy atom. The molecule has 1 N–H and O–H groups in total. The van der Waals surface area contributed by atoms with E-state index >= 15 is 0 Å². The summed E-state index contributed by atoms with van der Waals surface area (Å²) in [5.41, 5.74) is 0.815. The maximum Gasteiger partial charge on any atom is 0.411 e. The number of hydrogen-bond donors (Lipinski definition) is 1. The van der Waals surface area contributed by atoms with Gasteiger partial charge in [-0.15, -0.1) is 0 Å². The molecule has 96 valence electrons. The zero-order valence-corrected chi connectivity index (χ0v) is 9.67. The molecular weight excluding hydrogens is 238 g/mol. The number of carbonyl (C=O) groups is 2. The van der Waals surface area contributed by atoms with E-state index in [1.165, 1.54) is 12.3 Å². The number of ether oxygens (including phenoxy) is 1. The predicted octanol–water partition coefficient (Wildman–Crippen LogP) is 1.41. The number of furan rings is 1. The van der Waals surface area contributed by atoms with Crippen molar-refractivity contribution in [2.75, 3.05) is 6.61 Å². The van der Waals surface area contributed by atoms with E-state index in [-0.39, 0.29) is 19.6 Å². The van der Waals surface area contributed by atoms with Gasteiger partial charge in [-0.3, -0.25) is 4.90 Å². The van der Waals surface area contributed by atoms with Crippen molar-refractivity contribution in [1.82, 2.24) is 4.90 Å². The highest BCUT2D eigenvalue weighted by Crippen LogP contribution is 2.25. The predicted molar refractivity (Wildman–Crippen MR) is 60.9 cm³/mol. The highest BCUT2D eigenvalue weighted by atomic mass is 16.6. The Morgan fingerprint density at radius 2 is 2.44 bits per heavy atom. The first-order chi connectivity index (χ1) is 8.63. The summed E-state index contributed by atoms with van der Waals surface area (Å²) in [6, 6.07) is 0.796. The van der Waals surface area contributed by atoms with Crippen LogP contribution in [0.2, 0.25) is 0 Å². The standard InChI is InChI=1S/C12H13NO5/c1-2-4-18-12(16)13-7-10-8(3-5-17-10)6-9(13)11(14)15/h2-3,5,9H,1,4,6-7H2,(H,14,15). The maximum atomic E-state index is 11.8. The monoisotopic (exact) mass is 251 g/mol. The number of nitrogens with zero attached hydrogens (tertiary/aromatic N) is 1. The van der Waals surface area contributed by atoms with Crippen LogP contribution in [-0.2, 0) is 22.5 Å². The van der Waals surface area contributed by atoms with Crippen molar-refractivity contribution in [3.63, 3.8) is 0 Å². The fraction of sp³-hybridized carbons (Fsp3) is 0.333. The van der Waals surface area contributed by atoms with Gasteiger partial charge in [0.15, 0.2) is 0 Å². The molecule has 6 nitrogen and oxygen atoms in total. The van der Waals surface area contributed by atoms with Crippen LogP contribution in [0.5, 0.6) is 0 Å². The lowest BCUT2D eigenvalue weighted by Crippen LogP contribution is -2.48. The van der Waals surface area contributed by atoms with Crippen LogP contribution < -0.4 is 0 Å². The van der Waals surface area contributed by atoms with E-state index in [1.54, 1.807) is 6.07 Å². The first kappa shape index (κ1) is 12.2. The van der Waals surface area contributed by atoms with Crippen LogP contribution in [0.3, 0.4) is 0 Å². The van der Waals surface area contributed by atoms with Crippen molar-refractivity contribution in [3.05, 3.63) is 36.3 Å². The fourth-order valence-corrected chi connectivity index (χ4v) is 1.90. The Balaban J connectivity index is 2.19. The summed E-state index contributed by atoms with van der Waals surface area (Å²) < 4.78 is 10.1. The van der Waals surface area contributed by atoms with E-state index in [2.05, 4.69) is 6.58 Å². The van der Waals surface area contributed by atoms with E-state index in [0.717, 1.165) is 10.5 Å². The zero-order chi connectivity index (χ0) is 13.1. The molecule has 1 unspecified atom stereocenters. The SMILES string of the molecule is C=CCOC(=O)N1Cc2occc2CC1C(=O)O. The Bertz CT molecular complexity index is 479. The van der Waals surface area contributed by atoms with E-state index in [1.807, 2.05) is 0 Å². The van der Waals surface area contributed by atoms with Crippen LogP contribution in [-0.4, -0.2) is 34.7 Å². The van der Waals surface area contributed by atoms with Crippen LogP contribution in [0.25, 0.3) is 0 Å². The average Bonchev–Trinajstić information content (AvgIpc) is 2.81. The second-order valence-corrected chi connectivity index (χ2v) is 3.92. The normalized spacial score (nSPS) is 18.0. The number of fused-ring (bicyclic) bond motifs is 1. The van der Waals surface area contributed by atoms with Gasteiger partial charge in [0.2, 0.25) is 0 Å². The lowest BCUT2D eigenvalue weighted by atomic mass is 10.0. The number of aliphatic carboxylic acids is 1. The zero-order valence-electron chi connectivity index (χ0n) is 9.67. The first-order valence-corrected chi connectivity index (χ1v) is 5.46. The van der Waals surface area contributed by atoms with Crippen molar-refractivity contribution < 1.29 is 23.8 Å². The van der Waals surface area contributed by atoms with Gasteiger partial charge in [-0.2, -0.15) is 0 Å². The van der Waals surface area contributed by atoms with E-state index in [0.29, 0.717) is 5.76 Å². The van der Waals surface area contributed by atoms with E-state index < -0.39 is 18.1 Å². The third kappa shape index (κ3) is 2.22. The molecule has 0 spiro atoms. The van der Waals surface area contributed by atoms with Crippen molar-refractivity contribution >= 4 is 12.1 Å². The Hall–Kier alpha value is -2.24. The summed E-state index contributed by atoms with van der Waals surface area (Å²) in [7, 11) is 0. The molecule has 0 saturated heterocycles. The summed E-state index contributed by atoms with van der Waals surface area (Å²) in [4.78, 5) is 24.1.